The number of hydrogen-bond donors (Lipinski definition) is 0. The van der Waals surface area contributed by atoms with Crippen LogP contribution in [0.1, 0.15) is 6.42 Å². The molecule has 96 valence electrons. The number of para-hydroxylation sites is 4. The van der Waals surface area contributed by atoms with Gasteiger partial charge in [0.15, 0.2) is 11.5 Å². The molecule has 0 fully saturated rings. The molecule has 20 heavy (non-hydrogen) atoms. The van der Waals surface area contributed by atoms with Crippen molar-refractivity contribution in [2.75, 3.05) is 11.4 Å². The summed E-state index contributed by atoms with van der Waals surface area (Å²) in [4.78, 5) is 12.6. The van der Waals surface area contributed by atoms with Crippen LogP contribution in [0.4, 0.5) is 11.4 Å². The van der Waals surface area contributed by atoms with E-state index in [1.54, 1.807) is 0 Å². The van der Waals surface area contributed by atoms with Crippen molar-refractivity contribution in [3.63, 3.8) is 0 Å². The molecule has 0 amide bonds. The second kappa shape index (κ2) is 6.31. The van der Waals surface area contributed by atoms with E-state index in [4.69, 9.17) is 4.74 Å². The molecule has 0 bridgehead atoms. The molecule has 0 aliphatic carbocycles. The monoisotopic (exact) mass is 277 g/mol. The van der Waals surface area contributed by atoms with Gasteiger partial charge in [-0.1, -0.05) is 24.3 Å². The Labute approximate surface area is 139 Å². The van der Waals surface area contributed by atoms with Gasteiger partial charge in [-0.25, -0.2) is 0 Å². The number of carbonyl (C=O) groups excluding carboxylic acids is 1. The fourth-order valence-electron chi connectivity index (χ4n) is 2.23. The summed E-state index contributed by atoms with van der Waals surface area (Å²) < 4.78 is 5.81. The topological polar surface area (TPSA) is 52.6 Å². The number of benzene rings is 2. The smallest absolute Gasteiger partial charge is 0.550 e. The summed E-state index contributed by atoms with van der Waals surface area (Å²) in [5, 5.41) is 10.7. The Hall–Kier alpha value is -1.49. The van der Waals surface area contributed by atoms with E-state index >= 15 is 0 Å². The van der Waals surface area contributed by atoms with Crippen molar-refractivity contribution in [1.82, 2.24) is 0 Å². The molecule has 0 saturated carbocycles. The molecular formula is C15H12NNaO3. The van der Waals surface area contributed by atoms with Gasteiger partial charge in [0.1, 0.15) is 0 Å². The molecule has 0 radical (unpaired) electrons. The van der Waals surface area contributed by atoms with Crippen molar-refractivity contribution < 1.29 is 44.2 Å². The number of ether oxygens (including phenoxy) is 1. The molecule has 1 aliphatic heterocycles. The minimum absolute atomic E-state index is 0. The van der Waals surface area contributed by atoms with Gasteiger partial charge in [0.2, 0.25) is 0 Å². The summed E-state index contributed by atoms with van der Waals surface area (Å²) in [6.07, 6.45) is -0.0251. The molecule has 2 aromatic carbocycles. The first-order valence-electron chi connectivity index (χ1n) is 6.09. The summed E-state index contributed by atoms with van der Waals surface area (Å²) in [6, 6.07) is 15.2. The zero-order chi connectivity index (χ0) is 13.2. The van der Waals surface area contributed by atoms with E-state index in [1.807, 2.05) is 53.4 Å². The molecule has 0 unspecified atom stereocenters. The summed E-state index contributed by atoms with van der Waals surface area (Å²) >= 11 is 0. The quantitative estimate of drug-likeness (QED) is 0.681. The number of aliphatic carboxylic acids is 1. The van der Waals surface area contributed by atoms with Crippen molar-refractivity contribution in [1.29, 1.82) is 0 Å². The second-order valence-corrected chi connectivity index (χ2v) is 4.31. The number of carboxylic acid groups (broad SMARTS) is 1. The van der Waals surface area contributed by atoms with E-state index in [0.717, 1.165) is 22.9 Å². The third kappa shape index (κ3) is 2.82. The molecular weight excluding hydrogens is 265 g/mol. The third-order valence-corrected chi connectivity index (χ3v) is 3.07. The van der Waals surface area contributed by atoms with Crippen LogP contribution in [0.3, 0.4) is 0 Å². The average Bonchev–Trinajstić information content (AvgIpc) is 2.43. The van der Waals surface area contributed by atoms with E-state index in [1.165, 1.54) is 0 Å². The van der Waals surface area contributed by atoms with Crippen molar-refractivity contribution in [3.8, 4) is 11.5 Å². The number of nitrogens with zero attached hydrogens (tertiary/aromatic N) is 1. The van der Waals surface area contributed by atoms with Crippen LogP contribution in [0.5, 0.6) is 11.5 Å². The van der Waals surface area contributed by atoms with Crippen LogP contribution in [0.2, 0.25) is 0 Å². The number of carbonyl (C=O) groups is 1. The molecule has 0 spiro atoms. The zero-order valence-corrected chi connectivity index (χ0v) is 13.2. The molecule has 3 rings (SSSR count). The Balaban J connectivity index is 0.00000147. The maximum atomic E-state index is 10.7. The second-order valence-electron chi connectivity index (χ2n) is 4.31. The van der Waals surface area contributed by atoms with Crippen molar-refractivity contribution in [3.05, 3.63) is 48.5 Å². The first-order chi connectivity index (χ1) is 9.25. The van der Waals surface area contributed by atoms with Crippen LogP contribution in [-0.2, 0) is 4.79 Å². The summed E-state index contributed by atoms with van der Waals surface area (Å²) in [5.41, 5.74) is 1.75. The van der Waals surface area contributed by atoms with E-state index in [2.05, 4.69) is 0 Å². The normalized spacial score (nSPS) is 11.7. The van der Waals surface area contributed by atoms with Crippen LogP contribution in [0.25, 0.3) is 0 Å². The van der Waals surface area contributed by atoms with Gasteiger partial charge in [0.05, 0.1) is 11.4 Å². The predicted molar refractivity (Wildman–Crippen MR) is 69.6 cm³/mol. The maximum Gasteiger partial charge on any atom is 1.00 e. The standard InChI is InChI=1S/C15H13NO3.Na/c17-15(18)9-10-16-11-5-1-3-7-13(11)19-14-8-4-2-6-12(14)16;/h1-8H,9-10H2,(H,17,18);/q;+1/p-1. The fraction of sp³-hybridized carbons (Fsp3) is 0.133. The summed E-state index contributed by atoms with van der Waals surface area (Å²) in [6.45, 7) is 0.361. The predicted octanol–water partition coefficient (Wildman–Crippen LogP) is -0.926. The molecule has 2 aromatic rings. The molecule has 4 nitrogen and oxygen atoms in total. The first kappa shape index (κ1) is 14.9. The molecule has 1 heterocycles. The molecule has 0 saturated heterocycles. The Bertz CT molecular complexity index is 585. The number of rotatable bonds is 3. The van der Waals surface area contributed by atoms with E-state index < -0.39 is 5.97 Å². The molecule has 0 aromatic heterocycles. The van der Waals surface area contributed by atoms with Gasteiger partial charge in [-0.15, -0.1) is 0 Å². The largest absolute Gasteiger partial charge is 1.00 e. The molecule has 1 aliphatic rings. The maximum absolute atomic E-state index is 10.7. The summed E-state index contributed by atoms with van der Waals surface area (Å²) in [5.74, 6) is 0.417. The Kier molecular flexibility index (Phi) is 4.70. The zero-order valence-electron chi connectivity index (χ0n) is 11.2. The molecule has 0 N–H and O–H groups in total. The van der Waals surface area contributed by atoms with Gasteiger partial charge in [-0.05, 0) is 24.3 Å². The van der Waals surface area contributed by atoms with Crippen molar-refractivity contribution in [2.24, 2.45) is 0 Å². The van der Waals surface area contributed by atoms with Crippen molar-refractivity contribution in [2.45, 2.75) is 6.42 Å². The fourth-order valence-corrected chi connectivity index (χ4v) is 2.23. The minimum atomic E-state index is -1.05. The number of anilines is 2. The van der Waals surface area contributed by atoms with Crippen LogP contribution in [-0.4, -0.2) is 12.5 Å². The SMILES string of the molecule is O=C([O-])CCN1c2ccccc2Oc2ccccc21.[Na+]. The van der Waals surface area contributed by atoms with E-state index in [0.29, 0.717) is 6.54 Å². The Morgan fingerprint density at radius 2 is 1.50 bits per heavy atom. The van der Waals surface area contributed by atoms with Gasteiger partial charge in [-0.3, -0.25) is 0 Å². The minimum Gasteiger partial charge on any atom is -0.550 e. The van der Waals surface area contributed by atoms with Gasteiger partial charge < -0.3 is 19.5 Å². The van der Waals surface area contributed by atoms with Gasteiger partial charge >= 0.3 is 29.6 Å². The van der Waals surface area contributed by atoms with Gasteiger partial charge in [-0.2, -0.15) is 0 Å². The number of hydrogen-bond acceptors (Lipinski definition) is 4. The van der Waals surface area contributed by atoms with E-state index in [-0.39, 0.29) is 36.0 Å². The van der Waals surface area contributed by atoms with Crippen LogP contribution >= 0.6 is 0 Å². The molecule has 5 heteroatoms. The van der Waals surface area contributed by atoms with Crippen molar-refractivity contribution >= 4 is 17.3 Å². The van der Waals surface area contributed by atoms with Crippen LogP contribution in [0.15, 0.2) is 48.5 Å². The van der Waals surface area contributed by atoms with E-state index in [9.17, 15) is 9.90 Å². The Morgan fingerprint density at radius 1 is 1.00 bits per heavy atom. The van der Waals surface area contributed by atoms with Crippen LogP contribution in [0, 0.1) is 0 Å². The first-order valence-corrected chi connectivity index (χ1v) is 6.09. The van der Waals surface area contributed by atoms with Gasteiger partial charge in [0, 0.05) is 18.9 Å². The Morgan fingerprint density at radius 3 is 2.00 bits per heavy atom. The van der Waals surface area contributed by atoms with Crippen LogP contribution < -0.4 is 44.3 Å². The third-order valence-electron chi connectivity index (χ3n) is 3.07. The van der Waals surface area contributed by atoms with Gasteiger partial charge in [0.25, 0.3) is 0 Å². The average molecular weight is 277 g/mol. The summed E-state index contributed by atoms with van der Waals surface area (Å²) in [7, 11) is 0. The molecule has 0 atom stereocenters. The number of carboxylic acids is 1. The number of fused-ring (bicyclic) bond motifs is 2.